The first kappa shape index (κ1) is 12.1. The van der Waals surface area contributed by atoms with Crippen molar-refractivity contribution in [2.24, 2.45) is 0 Å². The van der Waals surface area contributed by atoms with E-state index in [0.717, 1.165) is 25.7 Å². The van der Waals surface area contributed by atoms with Gasteiger partial charge in [-0.3, -0.25) is 0 Å². The highest BCUT2D eigenvalue weighted by molar-refractivity contribution is 7.89. The molecule has 0 bridgehead atoms. The first-order valence-corrected chi connectivity index (χ1v) is 7.69. The first-order valence-electron chi connectivity index (χ1n) is 6.25. The predicted octanol–water partition coefficient (Wildman–Crippen LogP) is 2.45. The normalized spacial score (nSPS) is 22.6. The zero-order valence-corrected chi connectivity index (χ0v) is 11.1. The average Bonchev–Trinajstić information content (AvgIpc) is 2.17. The Morgan fingerprint density at radius 3 is 2.50 bits per heavy atom. The highest BCUT2D eigenvalue weighted by atomic mass is 32.2. The van der Waals surface area contributed by atoms with Crippen molar-refractivity contribution in [1.82, 2.24) is 4.31 Å². The minimum absolute atomic E-state index is 0.119. The summed E-state index contributed by atoms with van der Waals surface area (Å²) < 4.78 is 40.2. The molecule has 1 saturated carbocycles. The lowest BCUT2D eigenvalue weighted by Crippen LogP contribution is -2.65. The van der Waals surface area contributed by atoms with Crippen LogP contribution in [0.1, 0.15) is 31.2 Å². The molecule has 0 aromatic heterocycles. The Morgan fingerprint density at radius 2 is 2.00 bits per heavy atom. The third-order valence-corrected chi connectivity index (χ3v) is 6.53. The van der Waals surface area contributed by atoms with E-state index in [1.165, 1.54) is 25.1 Å². The van der Waals surface area contributed by atoms with Gasteiger partial charge in [-0.1, -0.05) is 6.07 Å². The first-order chi connectivity index (χ1) is 8.47. The molecule has 1 spiro atoms. The summed E-state index contributed by atoms with van der Waals surface area (Å²) in [6.45, 7) is 2.09. The highest BCUT2D eigenvalue weighted by Gasteiger charge is 2.54. The van der Waals surface area contributed by atoms with Gasteiger partial charge in [0.15, 0.2) is 0 Å². The monoisotopic (exact) mass is 269 g/mol. The van der Waals surface area contributed by atoms with E-state index < -0.39 is 15.8 Å². The number of hydrogen-bond donors (Lipinski definition) is 0. The molecule has 1 aliphatic heterocycles. The second-order valence-electron chi connectivity index (χ2n) is 5.27. The maximum atomic E-state index is 13.5. The molecule has 0 unspecified atom stereocenters. The Labute approximate surface area is 107 Å². The summed E-state index contributed by atoms with van der Waals surface area (Å²) in [5.41, 5.74) is 0.0799. The molecule has 98 valence electrons. The molecule has 0 atom stereocenters. The molecule has 18 heavy (non-hydrogen) atoms. The van der Waals surface area contributed by atoms with Crippen LogP contribution >= 0.6 is 0 Å². The van der Waals surface area contributed by atoms with Gasteiger partial charge in [0.1, 0.15) is 5.82 Å². The quantitative estimate of drug-likeness (QED) is 0.827. The zero-order chi connectivity index (χ0) is 13.0. The lowest BCUT2D eigenvalue weighted by molar-refractivity contribution is -0.00300. The van der Waals surface area contributed by atoms with E-state index in [9.17, 15) is 12.8 Å². The second kappa shape index (κ2) is 3.78. The molecule has 1 heterocycles. The van der Waals surface area contributed by atoms with Gasteiger partial charge in [0.05, 0.1) is 4.90 Å². The number of halogens is 1. The van der Waals surface area contributed by atoms with Crippen LogP contribution in [0.3, 0.4) is 0 Å². The molecule has 2 aliphatic rings. The van der Waals surface area contributed by atoms with Crippen molar-refractivity contribution in [1.29, 1.82) is 0 Å². The van der Waals surface area contributed by atoms with Crippen molar-refractivity contribution < 1.29 is 12.8 Å². The molecule has 1 aromatic rings. The van der Waals surface area contributed by atoms with Gasteiger partial charge in [0.25, 0.3) is 0 Å². The van der Waals surface area contributed by atoms with Gasteiger partial charge >= 0.3 is 0 Å². The largest absolute Gasteiger partial charge is 0.243 e. The molecule has 0 N–H and O–H groups in total. The van der Waals surface area contributed by atoms with Crippen molar-refractivity contribution in [3.05, 3.63) is 29.6 Å². The van der Waals surface area contributed by atoms with Crippen LogP contribution in [0.2, 0.25) is 0 Å². The van der Waals surface area contributed by atoms with Gasteiger partial charge < -0.3 is 0 Å². The van der Waals surface area contributed by atoms with Gasteiger partial charge in [-0.25, -0.2) is 12.8 Å². The van der Waals surface area contributed by atoms with Crippen LogP contribution in [-0.2, 0) is 10.0 Å². The lowest BCUT2D eigenvalue weighted by atomic mass is 9.70. The van der Waals surface area contributed by atoms with E-state index in [2.05, 4.69) is 0 Å². The predicted molar refractivity (Wildman–Crippen MR) is 66.2 cm³/mol. The summed E-state index contributed by atoms with van der Waals surface area (Å²) in [6, 6.07) is 4.25. The van der Waals surface area contributed by atoms with Gasteiger partial charge in [0.2, 0.25) is 10.0 Å². The fourth-order valence-electron chi connectivity index (χ4n) is 2.96. The van der Waals surface area contributed by atoms with Crippen LogP contribution in [0, 0.1) is 12.7 Å². The zero-order valence-electron chi connectivity index (χ0n) is 10.3. The molecule has 3 rings (SSSR count). The van der Waals surface area contributed by atoms with Crippen LogP contribution in [0.15, 0.2) is 23.1 Å². The number of nitrogens with zero attached hydrogens (tertiary/aromatic N) is 1. The van der Waals surface area contributed by atoms with E-state index in [4.69, 9.17) is 0 Å². The standard InChI is InChI=1S/C13H16FNO2S/c1-10-11(14)4-2-5-12(10)18(16,17)15-9-8-13(15)6-3-7-13/h2,4-5H,3,6-9H2,1H3. The van der Waals surface area contributed by atoms with Gasteiger partial charge in [-0.2, -0.15) is 4.31 Å². The smallest absolute Gasteiger partial charge is 0.207 e. The van der Waals surface area contributed by atoms with Crippen LogP contribution in [0.4, 0.5) is 4.39 Å². The number of hydrogen-bond acceptors (Lipinski definition) is 2. The summed E-state index contributed by atoms with van der Waals surface area (Å²) in [6.07, 6.45) is 3.93. The third-order valence-electron chi connectivity index (χ3n) is 4.38. The van der Waals surface area contributed by atoms with Crippen LogP contribution in [0.25, 0.3) is 0 Å². The maximum absolute atomic E-state index is 13.5. The lowest BCUT2D eigenvalue weighted by Gasteiger charge is -2.57. The summed E-state index contributed by atoms with van der Waals surface area (Å²) in [5, 5.41) is 0. The Bertz CT molecular complexity index is 587. The van der Waals surface area contributed by atoms with Gasteiger partial charge in [-0.05, 0) is 44.7 Å². The third kappa shape index (κ3) is 1.47. The molecule has 3 nitrogen and oxygen atoms in total. The number of rotatable bonds is 2. The van der Waals surface area contributed by atoms with Crippen LogP contribution < -0.4 is 0 Å². The molecule has 0 amide bonds. The van der Waals surface area contributed by atoms with E-state index in [1.54, 1.807) is 4.31 Å². The number of benzene rings is 1. The molecule has 5 heteroatoms. The molecule has 2 fully saturated rings. The maximum Gasteiger partial charge on any atom is 0.243 e. The Kier molecular flexibility index (Phi) is 2.54. The second-order valence-corrected chi connectivity index (χ2v) is 7.10. The van der Waals surface area contributed by atoms with E-state index in [1.807, 2.05) is 0 Å². The van der Waals surface area contributed by atoms with E-state index in [0.29, 0.717) is 6.54 Å². The highest BCUT2D eigenvalue weighted by Crippen LogP contribution is 2.49. The minimum Gasteiger partial charge on any atom is -0.207 e. The summed E-state index contributed by atoms with van der Waals surface area (Å²) >= 11 is 0. The molecular formula is C13H16FNO2S. The van der Waals surface area contributed by atoms with Gasteiger partial charge in [0, 0.05) is 17.6 Å². The van der Waals surface area contributed by atoms with Crippen LogP contribution in [0.5, 0.6) is 0 Å². The number of sulfonamides is 1. The summed E-state index contributed by atoms with van der Waals surface area (Å²) in [4.78, 5) is 0.119. The van der Waals surface area contributed by atoms with Crippen molar-refractivity contribution in [2.75, 3.05) is 6.54 Å². The molecule has 1 aliphatic carbocycles. The molecule has 0 radical (unpaired) electrons. The summed E-state index contributed by atoms with van der Waals surface area (Å²) in [7, 11) is -3.53. The van der Waals surface area contributed by atoms with Crippen molar-refractivity contribution >= 4 is 10.0 Å². The Morgan fingerprint density at radius 1 is 1.28 bits per heavy atom. The SMILES string of the molecule is Cc1c(F)cccc1S(=O)(=O)N1CCC12CCC2. The van der Waals surface area contributed by atoms with Gasteiger partial charge in [-0.15, -0.1) is 0 Å². The molecular weight excluding hydrogens is 253 g/mol. The van der Waals surface area contributed by atoms with Crippen molar-refractivity contribution in [3.63, 3.8) is 0 Å². The molecule has 1 aromatic carbocycles. The fourth-order valence-corrected chi connectivity index (χ4v) is 5.05. The van der Waals surface area contributed by atoms with Crippen molar-refractivity contribution in [2.45, 2.75) is 43.0 Å². The topological polar surface area (TPSA) is 37.4 Å². The average molecular weight is 269 g/mol. The fraction of sp³-hybridized carbons (Fsp3) is 0.538. The minimum atomic E-state index is -3.53. The van der Waals surface area contributed by atoms with E-state index in [-0.39, 0.29) is 16.0 Å². The molecule has 1 saturated heterocycles. The van der Waals surface area contributed by atoms with Crippen molar-refractivity contribution in [3.8, 4) is 0 Å². The van der Waals surface area contributed by atoms with E-state index >= 15 is 0 Å². The Hall–Kier alpha value is -0.940. The summed E-state index contributed by atoms with van der Waals surface area (Å²) in [5.74, 6) is -0.459. The Balaban J connectivity index is 2.02. The van der Waals surface area contributed by atoms with Crippen LogP contribution in [-0.4, -0.2) is 24.8 Å².